The van der Waals surface area contributed by atoms with Crippen LogP contribution in [0.15, 0.2) is 10.3 Å². The van der Waals surface area contributed by atoms with Crippen molar-refractivity contribution < 1.29 is 18.3 Å². The summed E-state index contributed by atoms with van der Waals surface area (Å²) < 4.78 is 32.5. The monoisotopic (exact) mass is 319 g/mol. The topological polar surface area (TPSA) is 66.8 Å². The number of rotatable bonds is 6. The standard InChI is InChI=1S/C13H21NO4S2/c1-3-14(7-11-5-4-6-18-11)20(16,17)13-10(2)9-19-12(13)8-15/h9,11,15H,3-8H2,1-2H3. The van der Waals surface area contributed by atoms with Crippen molar-refractivity contribution in [3.8, 4) is 0 Å². The lowest BCUT2D eigenvalue weighted by Gasteiger charge is -2.24. The molecule has 1 aromatic rings. The SMILES string of the molecule is CCN(CC1CCCO1)S(=O)(=O)c1c(C)csc1CO. The first-order valence-corrected chi connectivity index (χ1v) is 9.12. The molecular weight excluding hydrogens is 298 g/mol. The van der Waals surface area contributed by atoms with Crippen molar-refractivity contribution in [2.24, 2.45) is 0 Å². The Balaban J connectivity index is 2.28. The quantitative estimate of drug-likeness (QED) is 0.867. The van der Waals surface area contributed by atoms with Gasteiger partial charge in [-0.1, -0.05) is 6.92 Å². The molecule has 1 unspecified atom stereocenters. The van der Waals surface area contributed by atoms with E-state index in [0.717, 1.165) is 12.8 Å². The normalized spacial score (nSPS) is 19.9. The Kier molecular flexibility index (Phi) is 5.19. The molecule has 20 heavy (non-hydrogen) atoms. The molecule has 0 radical (unpaired) electrons. The molecule has 0 saturated carbocycles. The maximum Gasteiger partial charge on any atom is 0.244 e. The van der Waals surface area contributed by atoms with Crippen LogP contribution in [0.3, 0.4) is 0 Å². The van der Waals surface area contributed by atoms with Crippen LogP contribution in [0, 0.1) is 6.92 Å². The van der Waals surface area contributed by atoms with Gasteiger partial charge in [-0.3, -0.25) is 0 Å². The molecule has 1 N–H and O–H groups in total. The van der Waals surface area contributed by atoms with Gasteiger partial charge in [0.25, 0.3) is 0 Å². The molecule has 5 nitrogen and oxygen atoms in total. The van der Waals surface area contributed by atoms with Gasteiger partial charge >= 0.3 is 0 Å². The summed E-state index contributed by atoms with van der Waals surface area (Å²) in [4.78, 5) is 0.776. The number of sulfonamides is 1. The number of hydrogen-bond donors (Lipinski definition) is 1. The molecule has 2 rings (SSSR count). The van der Waals surface area contributed by atoms with E-state index < -0.39 is 10.0 Å². The van der Waals surface area contributed by atoms with Gasteiger partial charge in [-0.25, -0.2) is 8.42 Å². The van der Waals surface area contributed by atoms with Gasteiger partial charge in [-0.15, -0.1) is 11.3 Å². The third kappa shape index (κ3) is 3.07. The largest absolute Gasteiger partial charge is 0.391 e. The summed E-state index contributed by atoms with van der Waals surface area (Å²) in [6, 6.07) is 0. The van der Waals surface area contributed by atoms with Crippen molar-refractivity contribution in [3.63, 3.8) is 0 Å². The molecule has 0 bridgehead atoms. The second-order valence-corrected chi connectivity index (χ2v) is 7.76. The van der Waals surface area contributed by atoms with Crippen molar-refractivity contribution in [2.75, 3.05) is 19.7 Å². The second kappa shape index (κ2) is 6.53. The van der Waals surface area contributed by atoms with E-state index >= 15 is 0 Å². The van der Waals surface area contributed by atoms with Gasteiger partial charge in [0, 0.05) is 19.7 Å². The molecule has 1 aliphatic heterocycles. The Morgan fingerprint density at radius 1 is 1.55 bits per heavy atom. The van der Waals surface area contributed by atoms with Crippen LogP contribution < -0.4 is 0 Å². The van der Waals surface area contributed by atoms with E-state index in [4.69, 9.17) is 4.74 Å². The van der Waals surface area contributed by atoms with Crippen molar-refractivity contribution in [3.05, 3.63) is 15.8 Å². The van der Waals surface area contributed by atoms with Gasteiger partial charge in [0.05, 0.1) is 17.6 Å². The first-order valence-electron chi connectivity index (χ1n) is 6.80. The molecule has 1 aromatic heterocycles. The van der Waals surface area contributed by atoms with Crippen LogP contribution in [0.2, 0.25) is 0 Å². The highest BCUT2D eigenvalue weighted by Crippen LogP contribution is 2.30. The summed E-state index contributed by atoms with van der Waals surface area (Å²) in [5.74, 6) is 0. The minimum absolute atomic E-state index is 0.0127. The third-order valence-corrected chi connectivity index (χ3v) is 6.90. The van der Waals surface area contributed by atoms with Crippen LogP contribution in [-0.4, -0.2) is 43.6 Å². The van der Waals surface area contributed by atoms with Gasteiger partial charge in [0.1, 0.15) is 4.90 Å². The number of hydrogen-bond acceptors (Lipinski definition) is 5. The predicted octanol–water partition coefficient (Wildman–Crippen LogP) is 1.74. The lowest BCUT2D eigenvalue weighted by molar-refractivity contribution is 0.0946. The van der Waals surface area contributed by atoms with Crippen molar-refractivity contribution in [1.82, 2.24) is 4.31 Å². The van der Waals surface area contributed by atoms with E-state index in [0.29, 0.717) is 30.1 Å². The van der Waals surface area contributed by atoms with Crippen LogP contribution in [0.4, 0.5) is 0 Å². The summed E-state index contributed by atoms with van der Waals surface area (Å²) in [7, 11) is -3.56. The summed E-state index contributed by atoms with van der Waals surface area (Å²) in [5, 5.41) is 11.1. The van der Waals surface area contributed by atoms with E-state index in [1.165, 1.54) is 15.6 Å². The fourth-order valence-electron chi connectivity index (χ4n) is 2.48. The number of thiophene rings is 1. The number of aliphatic hydroxyl groups is 1. The zero-order valence-electron chi connectivity index (χ0n) is 11.8. The zero-order chi connectivity index (χ0) is 14.8. The van der Waals surface area contributed by atoms with Crippen LogP contribution in [0.5, 0.6) is 0 Å². The molecular formula is C13H21NO4S2. The second-order valence-electron chi connectivity index (χ2n) is 4.92. The zero-order valence-corrected chi connectivity index (χ0v) is 13.5. The molecule has 0 amide bonds. The average Bonchev–Trinajstić information content (AvgIpc) is 3.04. The van der Waals surface area contributed by atoms with Gasteiger partial charge < -0.3 is 9.84 Å². The lowest BCUT2D eigenvalue weighted by atomic mass is 10.2. The first-order chi connectivity index (χ1) is 9.50. The first kappa shape index (κ1) is 15.9. The average molecular weight is 319 g/mol. The van der Waals surface area contributed by atoms with Crippen molar-refractivity contribution in [1.29, 1.82) is 0 Å². The highest BCUT2D eigenvalue weighted by molar-refractivity contribution is 7.89. The van der Waals surface area contributed by atoms with Crippen LogP contribution >= 0.6 is 11.3 Å². The predicted molar refractivity (Wildman–Crippen MR) is 78.4 cm³/mol. The minimum Gasteiger partial charge on any atom is -0.391 e. The van der Waals surface area contributed by atoms with E-state index in [-0.39, 0.29) is 17.6 Å². The molecule has 7 heteroatoms. The molecule has 0 aliphatic carbocycles. The molecule has 114 valence electrons. The number of aliphatic hydroxyl groups excluding tert-OH is 1. The maximum absolute atomic E-state index is 12.8. The molecule has 1 fully saturated rings. The maximum atomic E-state index is 12.8. The Hall–Kier alpha value is -0.470. The van der Waals surface area contributed by atoms with E-state index in [2.05, 4.69) is 0 Å². The smallest absolute Gasteiger partial charge is 0.244 e. The van der Waals surface area contributed by atoms with Crippen molar-refractivity contribution >= 4 is 21.4 Å². The van der Waals surface area contributed by atoms with Gasteiger partial charge in [-0.05, 0) is 30.7 Å². The Morgan fingerprint density at radius 3 is 2.85 bits per heavy atom. The summed E-state index contributed by atoms with van der Waals surface area (Å²) >= 11 is 1.29. The fraction of sp³-hybridized carbons (Fsp3) is 0.692. The van der Waals surface area contributed by atoms with Gasteiger partial charge in [0.15, 0.2) is 0 Å². The van der Waals surface area contributed by atoms with E-state index in [1.807, 2.05) is 6.92 Å². The van der Waals surface area contributed by atoms with Gasteiger partial charge in [-0.2, -0.15) is 4.31 Å². The molecule has 2 heterocycles. The van der Waals surface area contributed by atoms with Crippen molar-refractivity contribution in [2.45, 2.75) is 44.3 Å². The number of nitrogens with zero attached hydrogens (tertiary/aromatic N) is 1. The number of likely N-dealkylation sites (N-methyl/N-ethyl adjacent to an activating group) is 1. The summed E-state index contributed by atoms with van der Waals surface area (Å²) in [6.07, 6.45) is 1.88. The number of ether oxygens (including phenoxy) is 1. The minimum atomic E-state index is -3.56. The van der Waals surface area contributed by atoms with Gasteiger partial charge in [0.2, 0.25) is 10.0 Å². The molecule has 0 spiro atoms. The third-order valence-electron chi connectivity index (χ3n) is 3.51. The van der Waals surface area contributed by atoms with Crippen LogP contribution in [0.25, 0.3) is 0 Å². The highest BCUT2D eigenvalue weighted by Gasteiger charge is 2.31. The summed E-state index contributed by atoms with van der Waals surface area (Å²) in [6.45, 7) is 4.85. The molecule has 1 atom stereocenters. The van der Waals surface area contributed by atoms with Crippen LogP contribution in [-0.2, 0) is 21.4 Å². The summed E-state index contributed by atoms with van der Waals surface area (Å²) in [5.41, 5.74) is 0.699. The fourth-order valence-corrected chi connectivity index (χ4v) is 5.58. The number of aryl methyl sites for hydroxylation is 1. The Bertz CT molecular complexity index is 547. The Morgan fingerprint density at radius 2 is 2.30 bits per heavy atom. The van der Waals surface area contributed by atoms with Crippen LogP contribution in [0.1, 0.15) is 30.2 Å². The molecule has 1 saturated heterocycles. The molecule has 1 aliphatic rings. The molecule has 0 aromatic carbocycles. The van der Waals surface area contributed by atoms with E-state index in [1.54, 1.807) is 12.3 Å². The van der Waals surface area contributed by atoms with E-state index in [9.17, 15) is 13.5 Å². The highest BCUT2D eigenvalue weighted by atomic mass is 32.2. The Labute approximate surface area is 124 Å². The lowest BCUT2D eigenvalue weighted by Crippen LogP contribution is -2.37.